The monoisotopic (exact) mass is 457 g/mol. The third-order valence-electron chi connectivity index (χ3n) is 2.94. The van der Waals surface area contributed by atoms with Gasteiger partial charge in [-0.25, -0.2) is 0 Å². The molecule has 0 saturated heterocycles. The number of halogens is 1. The molecule has 0 heterocycles. The molecule has 0 amide bonds. The van der Waals surface area contributed by atoms with Crippen LogP contribution in [0.2, 0.25) is 0 Å². The van der Waals surface area contributed by atoms with Crippen molar-refractivity contribution >= 4 is 49.6 Å². The lowest BCUT2D eigenvalue weighted by Gasteiger charge is -2.14. The first kappa shape index (κ1) is 20.1. The van der Waals surface area contributed by atoms with Gasteiger partial charge in [-0.2, -0.15) is 13.5 Å². The molecule has 10 heteroatoms. The van der Waals surface area contributed by atoms with Crippen LogP contribution >= 0.6 is 28.1 Å². The molecule has 2 rings (SSSR count). The van der Waals surface area contributed by atoms with Crippen molar-refractivity contribution in [2.75, 3.05) is 6.61 Å². The fourth-order valence-corrected chi connectivity index (χ4v) is 3.60. The van der Waals surface area contributed by atoms with Gasteiger partial charge in [0.25, 0.3) is 0 Å². The highest BCUT2D eigenvalue weighted by molar-refractivity contribution is 9.10. The Hall–Kier alpha value is -2.17. The van der Waals surface area contributed by atoms with Crippen molar-refractivity contribution in [1.29, 1.82) is 0 Å². The Kier molecular flexibility index (Phi) is 6.95. The van der Waals surface area contributed by atoms with E-state index in [0.29, 0.717) is 16.6 Å². The van der Waals surface area contributed by atoms with Crippen LogP contribution in [0.1, 0.15) is 12.5 Å². The second kappa shape index (κ2) is 8.97. The number of nitrogens with one attached hydrogen (secondary N) is 1. The normalized spacial score (nSPS) is 11.3. The molecule has 3 N–H and O–H groups in total. The lowest BCUT2D eigenvalue weighted by molar-refractivity contribution is 0.327. The van der Waals surface area contributed by atoms with Crippen molar-refractivity contribution in [3.63, 3.8) is 0 Å². The molecule has 2 aromatic rings. The van der Waals surface area contributed by atoms with Gasteiger partial charge in [0, 0.05) is 0 Å². The first-order valence-electron chi connectivity index (χ1n) is 7.38. The molecule has 0 aliphatic heterocycles. The van der Waals surface area contributed by atoms with Gasteiger partial charge in [0.15, 0.2) is 16.6 Å². The number of ether oxygens (including phenoxy) is 1. The van der Waals surface area contributed by atoms with Crippen molar-refractivity contribution in [2.45, 2.75) is 11.8 Å². The molecule has 0 aromatic heterocycles. The van der Waals surface area contributed by atoms with Crippen LogP contribution < -0.4 is 20.1 Å². The number of rotatable bonds is 7. The maximum atomic E-state index is 12.5. The van der Waals surface area contributed by atoms with E-state index < -0.39 is 10.1 Å². The van der Waals surface area contributed by atoms with E-state index in [2.05, 4.69) is 38.7 Å². The number of nitrogens with zero attached hydrogens (tertiary/aromatic N) is 1. The standard InChI is InChI=1S/C16H16BrN3O4S2/c1-2-23-14-9-11(10-19-20-16(18)25)8-13(17)15(14)24-26(21,22)12-6-4-3-5-7-12/h3-10H,2H2,1H3,(H3,18,20,25)/b19-10-. The second-order valence-electron chi connectivity index (χ2n) is 4.85. The minimum atomic E-state index is -4.01. The lowest BCUT2D eigenvalue weighted by Crippen LogP contribution is -2.24. The summed E-state index contributed by atoms with van der Waals surface area (Å²) in [6, 6.07) is 11.1. The van der Waals surface area contributed by atoms with Crippen molar-refractivity contribution < 1.29 is 17.3 Å². The van der Waals surface area contributed by atoms with E-state index in [1.807, 2.05) is 0 Å². The summed E-state index contributed by atoms with van der Waals surface area (Å²) in [5.41, 5.74) is 8.35. The molecule has 0 bridgehead atoms. The van der Waals surface area contributed by atoms with E-state index in [1.54, 1.807) is 37.3 Å². The zero-order chi connectivity index (χ0) is 19.2. The van der Waals surface area contributed by atoms with Crippen LogP contribution in [0, 0.1) is 0 Å². The molecule has 138 valence electrons. The molecule has 0 atom stereocenters. The number of hydrazone groups is 1. The van der Waals surface area contributed by atoms with Crippen LogP contribution in [-0.2, 0) is 10.1 Å². The van der Waals surface area contributed by atoms with Gasteiger partial charge >= 0.3 is 10.1 Å². The Balaban J connectivity index is 2.38. The Morgan fingerprint density at radius 1 is 1.35 bits per heavy atom. The van der Waals surface area contributed by atoms with E-state index in [9.17, 15) is 8.42 Å². The number of thiocarbonyl (C=S) groups is 1. The Bertz CT molecular complexity index is 919. The van der Waals surface area contributed by atoms with Gasteiger partial charge in [0.05, 0.1) is 17.3 Å². The van der Waals surface area contributed by atoms with Crippen LogP contribution in [0.15, 0.2) is 56.9 Å². The van der Waals surface area contributed by atoms with E-state index in [0.717, 1.165) is 0 Å². The van der Waals surface area contributed by atoms with E-state index in [-0.39, 0.29) is 21.5 Å². The molecule has 2 aromatic carbocycles. The summed E-state index contributed by atoms with van der Waals surface area (Å²) in [4.78, 5) is 0.0423. The average Bonchev–Trinajstić information content (AvgIpc) is 2.59. The van der Waals surface area contributed by atoms with Crippen molar-refractivity contribution in [1.82, 2.24) is 5.43 Å². The second-order valence-corrected chi connectivity index (χ2v) is 7.69. The molecule has 0 spiro atoms. The summed E-state index contributed by atoms with van der Waals surface area (Å²) in [5.74, 6) is 0.299. The number of benzene rings is 2. The Labute approximate surface area is 165 Å². The van der Waals surface area contributed by atoms with Gasteiger partial charge in [-0.15, -0.1) is 0 Å². The highest BCUT2D eigenvalue weighted by Crippen LogP contribution is 2.38. The van der Waals surface area contributed by atoms with Crippen LogP contribution in [-0.4, -0.2) is 26.4 Å². The Morgan fingerprint density at radius 2 is 2.04 bits per heavy atom. The minimum absolute atomic E-state index is 0.0271. The molecule has 0 saturated carbocycles. The van der Waals surface area contributed by atoms with Gasteiger partial charge in [-0.3, -0.25) is 5.43 Å². The summed E-state index contributed by atoms with van der Waals surface area (Å²) < 4.78 is 36.2. The number of hydrogen-bond donors (Lipinski definition) is 2. The van der Waals surface area contributed by atoms with Gasteiger partial charge in [-0.1, -0.05) is 18.2 Å². The smallest absolute Gasteiger partial charge is 0.339 e. The zero-order valence-electron chi connectivity index (χ0n) is 13.7. The van der Waals surface area contributed by atoms with Gasteiger partial charge in [-0.05, 0) is 64.9 Å². The Morgan fingerprint density at radius 3 is 2.65 bits per heavy atom. The highest BCUT2D eigenvalue weighted by atomic mass is 79.9. The van der Waals surface area contributed by atoms with Gasteiger partial charge in [0.2, 0.25) is 0 Å². The largest absolute Gasteiger partial charge is 0.490 e. The topological polar surface area (TPSA) is 103 Å². The van der Waals surface area contributed by atoms with Crippen LogP contribution in [0.4, 0.5) is 0 Å². The molecule has 7 nitrogen and oxygen atoms in total. The summed E-state index contributed by atoms with van der Waals surface area (Å²) in [6.07, 6.45) is 1.46. The predicted molar refractivity (Wildman–Crippen MR) is 107 cm³/mol. The first-order chi connectivity index (χ1) is 12.3. The molecule has 0 aliphatic carbocycles. The third-order valence-corrected chi connectivity index (χ3v) is 4.86. The zero-order valence-corrected chi connectivity index (χ0v) is 16.9. The summed E-state index contributed by atoms with van der Waals surface area (Å²) >= 11 is 7.98. The summed E-state index contributed by atoms with van der Waals surface area (Å²) in [6.45, 7) is 2.10. The van der Waals surface area contributed by atoms with Crippen molar-refractivity contribution in [3.8, 4) is 11.5 Å². The van der Waals surface area contributed by atoms with E-state index in [1.165, 1.54) is 18.3 Å². The first-order valence-corrected chi connectivity index (χ1v) is 9.99. The number of hydrogen-bond acceptors (Lipinski definition) is 6. The summed E-state index contributed by atoms with van der Waals surface area (Å²) in [5, 5.41) is 3.89. The summed E-state index contributed by atoms with van der Waals surface area (Å²) in [7, 11) is -4.01. The van der Waals surface area contributed by atoms with Crippen molar-refractivity contribution in [2.24, 2.45) is 10.8 Å². The fourth-order valence-electron chi connectivity index (χ4n) is 1.92. The highest BCUT2D eigenvalue weighted by Gasteiger charge is 2.21. The number of nitrogens with two attached hydrogens (primary N) is 1. The van der Waals surface area contributed by atoms with E-state index >= 15 is 0 Å². The van der Waals surface area contributed by atoms with Crippen molar-refractivity contribution in [3.05, 3.63) is 52.5 Å². The maximum absolute atomic E-state index is 12.5. The molecule has 0 unspecified atom stereocenters. The lowest BCUT2D eigenvalue weighted by atomic mass is 10.2. The fraction of sp³-hybridized carbons (Fsp3) is 0.125. The molecule has 0 fully saturated rings. The third kappa shape index (κ3) is 5.41. The maximum Gasteiger partial charge on any atom is 0.339 e. The molecule has 26 heavy (non-hydrogen) atoms. The minimum Gasteiger partial charge on any atom is -0.490 e. The molecular formula is C16H16BrN3O4S2. The van der Waals surface area contributed by atoms with Gasteiger partial charge in [0.1, 0.15) is 4.90 Å². The quantitative estimate of drug-likeness (QED) is 0.285. The van der Waals surface area contributed by atoms with Crippen LogP contribution in [0.5, 0.6) is 11.5 Å². The predicted octanol–water partition coefficient (Wildman–Crippen LogP) is 2.78. The SMILES string of the molecule is CCOc1cc(/C=N\NC(N)=S)cc(Br)c1OS(=O)(=O)c1ccccc1. The van der Waals surface area contributed by atoms with Crippen LogP contribution in [0.3, 0.4) is 0 Å². The molecular weight excluding hydrogens is 442 g/mol. The molecule has 0 radical (unpaired) electrons. The average molecular weight is 458 g/mol. The molecule has 0 aliphatic rings. The van der Waals surface area contributed by atoms with Gasteiger partial charge < -0.3 is 14.7 Å². The van der Waals surface area contributed by atoms with E-state index in [4.69, 9.17) is 14.7 Å². The van der Waals surface area contributed by atoms with Crippen LogP contribution in [0.25, 0.3) is 0 Å².